The van der Waals surface area contributed by atoms with Gasteiger partial charge in [0.2, 0.25) is 0 Å². The summed E-state index contributed by atoms with van der Waals surface area (Å²) in [5.74, 6) is 5.97. The van der Waals surface area contributed by atoms with Crippen molar-refractivity contribution in [2.24, 2.45) is 0 Å². The van der Waals surface area contributed by atoms with E-state index in [0.717, 1.165) is 27.8 Å². The molecule has 0 amide bonds. The molecule has 1 aromatic rings. The van der Waals surface area contributed by atoms with Crippen molar-refractivity contribution in [3.8, 4) is 11.8 Å². The van der Waals surface area contributed by atoms with Crippen molar-refractivity contribution in [2.45, 2.75) is 6.42 Å². The van der Waals surface area contributed by atoms with Gasteiger partial charge in [0.25, 0.3) is 0 Å². The Morgan fingerprint density at radius 1 is 1.58 bits per heavy atom. The molecule has 0 saturated heterocycles. The van der Waals surface area contributed by atoms with E-state index in [1.165, 1.54) is 11.3 Å². The highest BCUT2D eigenvalue weighted by Crippen LogP contribution is 2.12. The number of hydrogen-bond donors (Lipinski definition) is 0. The minimum atomic E-state index is 0.734. The number of thiophene rings is 1. The number of alkyl halides is 1. The molecule has 1 nitrogen and oxygen atoms in total. The molecule has 0 radical (unpaired) electrons. The van der Waals surface area contributed by atoms with Gasteiger partial charge in [-0.25, -0.2) is 0 Å². The van der Waals surface area contributed by atoms with Gasteiger partial charge in [0.15, 0.2) is 6.29 Å². The lowest BCUT2D eigenvalue weighted by molar-refractivity contribution is 0.112. The van der Waals surface area contributed by atoms with Crippen molar-refractivity contribution in [1.82, 2.24) is 0 Å². The van der Waals surface area contributed by atoms with Crippen LogP contribution in [0.2, 0.25) is 0 Å². The summed E-state index contributed by atoms with van der Waals surface area (Å²) in [6.07, 6.45) is 1.69. The fourth-order valence-corrected chi connectivity index (χ4v) is 1.58. The number of carbonyl (C=O) groups excluding carboxylic acids is 1. The molecular weight excluding hydrogens is 236 g/mol. The smallest absolute Gasteiger partial charge is 0.160 e. The molecule has 12 heavy (non-hydrogen) atoms. The van der Waals surface area contributed by atoms with E-state index in [1.807, 2.05) is 6.07 Å². The summed E-state index contributed by atoms with van der Waals surface area (Å²) in [4.78, 5) is 12.0. The second kappa shape index (κ2) is 5.13. The number of hydrogen-bond acceptors (Lipinski definition) is 2. The molecule has 0 aliphatic rings. The van der Waals surface area contributed by atoms with Crippen molar-refractivity contribution in [3.05, 3.63) is 21.9 Å². The lowest BCUT2D eigenvalue weighted by Crippen LogP contribution is -1.66. The van der Waals surface area contributed by atoms with Crippen LogP contribution in [0.3, 0.4) is 0 Å². The highest BCUT2D eigenvalue weighted by atomic mass is 79.9. The molecular formula is C9H7BrOS. The normalized spacial score (nSPS) is 8.75. The van der Waals surface area contributed by atoms with Crippen LogP contribution in [0.25, 0.3) is 0 Å². The van der Waals surface area contributed by atoms with Crippen LogP contribution in [0.4, 0.5) is 0 Å². The van der Waals surface area contributed by atoms with Gasteiger partial charge in [0, 0.05) is 11.8 Å². The van der Waals surface area contributed by atoms with E-state index in [0.29, 0.717) is 0 Å². The largest absolute Gasteiger partial charge is 0.297 e. The zero-order chi connectivity index (χ0) is 8.81. The Bertz CT molecular complexity index is 319. The summed E-state index contributed by atoms with van der Waals surface area (Å²) in [6.45, 7) is 0. The van der Waals surface area contributed by atoms with Gasteiger partial charge in [0.05, 0.1) is 9.75 Å². The van der Waals surface area contributed by atoms with Crippen molar-refractivity contribution in [1.29, 1.82) is 0 Å². The summed E-state index contributed by atoms with van der Waals surface area (Å²) in [7, 11) is 0. The molecule has 1 heterocycles. The molecule has 1 aromatic heterocycles. The van der Waals surface area contributed by atoms with E-state index in [4.69, 9.17) is 0 Å². The molecule has 1 rings (SSSR count). The Labute approximate surface area is 83.9 Å². The first-order valence-electron chi connectivity index (χ1n) is 3.46. The van der Waals surface area contributed by atoms with E-state index in [1.54, 1.807) is 6.07 Å². The third-order valence-electron chi connectivity index (χ3n) is 1.17. The average Bonchev–Trinajstić information content (AvgIpc) is 2.53. The van der Waals surface area contributed by atoms with E-state index in [9.17, 15) is 4.79 Å². The second-order valence-electron chi connectivity index (χ2n) is 2.06. The van der Waals surface area contributed by atoms with Gasteiger partial charge >= 0.3 is 0 Å². The lowest BCUT2D eigenvalue weighted by Gasteiger charge is -1.77. The summed E-state index contributed by atoms with van der Waals surface area (Å²) in [5, 5.41) is 0.895. The van der Waals surface area contributed by atoms with Crippen LogP contribution in [-0.4, -0.2) is 11.6 Å². The minimum Gasteiger partial charge on any atom is -0.297 e. The van der Waals surface area contributed by atoms with Gasteiger partial charge in [-0.3, -0.25) is 4.79 Å². The maximum atomic E-state index is 10.3. The zero-order valence-corrected chi connectivity index (χ0v) is 8.74. The fourth-order valence-electron chi connectivity index (χ4n) is 0.680. The first kappa shape index (κ1) is 9.50. The highest BCUT2D eigenvalue weighted by Gasteiger charge is 1.93. The average molecular weight is 243 g/mol. The molecule has 0 fully saturated rings. The molecule has 0 unspecified atom stereocenters. The highest BCUT2D eigenvalue weighted by molar-refractivity contribution is 9.09. The van der Waals surface area contributed by atoms with Gasteiger partial charge in [-0.05, 0) is 12.1 Å². The maximum absolute atomic E-state index is 10.3. The number of halogens is 1. The molecule has 3 heteroatoms. The molecule has 0 atom stereocenters. The van der Waals surface area contributed by atoms with Crippen molar-refractivity contribution < 1.29 is 4.79 Å². The lowest BCUT2D eigenvalue weighted by atomic mass is 10.4. The fraction of sp³-hybridized carbons (Fsp3) is 0.222. The van der Waals surface area contributed by atoms with Gasteiger partial charge in [0.1, 0.15) is 0 Å². The maximum Gasteiger partial charge on any atom is 0.160 e. The Balaban J connectivity index is 2.65. The Morgan fingerprint density at radius 2 is 2.42 bits per heavy atom. The molecule has 0 aromatic carbocycles. The first-order chi connectivity index (χ1) is 5.86. The first-order valence-corrected chi connectivity index (χ1v) is 5.40. The van der Waals surface area contributed by atoms with Crippen LogP contribution in [0.15, 0.2) is 12.1 Å². The van der Waals surface area contributed by atoms with Gasteiger partial charge < -0.3 is 0 Å². The van der Waals surface area contributed by atoms with Crippen molar-refractivity contribution in [3.63, 3.8) is 0 Å². The Morgan fingerprint density at radius 3 is 3.00 bits per heavy atom. The Hall–Kier alpha value is -0.590. The van der Waals surface area contributed by atoms with Crippen LogP contribution in [-0.2, 0) is 0 Å². The number of aldehydes is 1. The number of rotatable bonds is 2. The van der Waals surface area contributed by atoms with E-state index < -0.39 is 0 Å². The quantitative estimate of drug-likeness (QED) is 0.443. The van der Waals surface area contributed by atoms with Crippen LogP contribution in [0.5, 0.6) is 0 Å². The monoisotopic (exact) mass is 242 g/mol. The third-order valence-corrected chi connectivity index (χ3v) is 2.50. The molecule has 0 aliphatic carbocycles. The van der Waals surface area contributed by atoms with E-state index in [2.05, 4.69) is 27.8 Å². The molecule has 0 N–H and O–H groups in total. The standard InChI is InChI=1S/C9H7BrOS/c10-6-2-1-3-8-4-5-9(7-11)12-8/h4-5,7H,2,6H2. The SMILES string of the molecule is O=Cc1ccc(C#CCCBr)s1. The summed E-state index contributed by atoms with van der Waals surface area (Å²) >= 11 is 4.71. The van der Waals surface area contributed by atoms with E-state index >= 15 is 0 Å². The van der Waals surface area contributed by atoms with Gasteiger partial charge in [-0.1, -0.05) is 27.8 Å². The zero-order valence-electron chi connectivity index (χ0n) is 6.34. The van der Waals surface area contributed by atoms with Crippen LogP contribution in [0, 0.1) is 11.8 Å². The van der Waals surface area contributed by atoms with Crippen LogP contribution >= 0.6 is 27.3 Å². The third kappa shape index (κ3) is 2.80. The molecule has 62 valence electrons. The summed E-state index contributed by atoms with van der Waals surface area (Å²) in [5.41, 5.74) is 0. The molecule has 0 bridgehead atoms. The van der Waals surface area contributed by atoms with Gasteiger partial charge in [-0.2, -0.15) is 0 Å². The van der Waals surface area contributed by atoms with Gasteiger partial charge in [-0.15, -0.1) is 11.3 Å². The number of carbonyl (C=O) groups is 1. The molecule has 0 spiro atoms. The predicted molar refractivity (Wildman–Crippen MR) is 55.0 cm³/mol. The van der Waals surface area contributed by atoms with Crippen LogP contribution in [0.1, 0.15) is 21.0 Å². The minimum absolute atomic E-state index is 0.734. The molecule has 0 saturated carbocycles. The van der Waals surface area contributed by atoms with E-state index in [-0.39, 0.29) is 0 Å². The Kier molecular flexibility index (Phi) is 4.06. The van der Waals surface area contributed by atoms with Crippen LogP contribution < -0.4 is 0 Å². The summed E-state index contributed by atoms with van der Waals surface area (Å²) < 4.78 is 0. The second-order valence-corrected chi connectivity index (χ2v) is 3.97. The van der Waals surface area contributed by atoms with Crippen molar-refractivity contribution in [2.75, 3.05) is 5.33 Å². The van der Waals surface area contributed by atoms with Crippen molar-refractivity contribution >= 4 is 33.6 Å². The topological polar surface area (TPSA) is 17.1 Å². The summed E-state index contributed by atoms with van der Waals surface area (Å²) in [6, 6.07) is 3.66. The molecule has 0 aliphatic heterocycles. The predicted octanol–water partition coefficient (Wildman–Crippen LogP) is 2.70.